The molecule has 0 bridgehead atoms. The van der Waals surface area contributed by atoms with Crippen LogP contribution in [0, 0.1) is 5.41 Å². The highest BCUT2D eigenvalue weighted by Crippen LogP contribution is 2.34. The molecule has 2 N–H and O–H groups in total. The molecule has 1 atom stereocenters. The van der Waals surface area contributed by atoms with Gasteiger partial charge in [0.1, 0.15) is 12.0 Å². The van der Waals surface area contributed by atoms with Gasteiger partial charge in [-0.15, -0.1) is 0 Å². The Bertz CT molecular complexity index is 400. The highest BCUT2D eigenvalue weighted by molar-refractivity contribution is 5.70. The first-order valence-electron chi connectivity index (χ1n) is 5.92. The maximum atomic E-state index is 5.24. The third-order valence-corrected chi connectivity index (χ3v) is 3.10. The molecule has 2 heterocycles. The lowest BCUT2D eigenvalue weighted by Crippen LogP contribution is -2.34. The van der Waals surface area contributed by atoms with Gasteiger partial charge in [-0.1, -0.05) is 20.8 Å². The first-order chi connectivity index (χ1) is 8.02. The molecule has 0 saturated heterocycles. The predicted molar refractivity (Wildman–Crippen MR) is 68.6 cm³/mol. The van der Waals surface area contributed by atoms with Crippen molar-refractivity contribution in [3.63, 3.8) is 0 Å². The van der Waals surface area contributed by atoms with Crippen molar-refractivity contribution in [2.24, 2.45) is 5.41 Å². The number of nitrogens with one attached hydrogen (secondary N) is 2. The van der Waals surface area contributed by atoms with Crippen LogP contribution < -0.4 is 15.4 Å². The molecule has 0 aromatic carbocycles. The van der Waals surface area contributed by atoms with Crippen molar-refractivity contribution in [3.05, 3.63) is 6.33 Å². The SMILES string of the molecule is COc1ncnc2c1NCCC(C(C)(C)C)N2. The summed E-state index contributed by atoms with van der Waals surface area (Å²) in [7, 11) is 1.62. The lowest BCUT2D eigenvalue weighted by atomic mass is 9.85. The molecule has 1 aliphatic rings. The van der Waals surface area contributed by atoms with Crippen LogP contribution in [0.3, 0.4) is 0 Å². The van der Waals surface area contributed by atoms with E-state index in [4.69, 9.17) is 4.74 Å². The molecule has 0 fully saturated rings. The van der Waals surface area contributed by atoms with E-state index in [2.05, 4.69) is 41.4 Å². The highest BCUT2D eigenvalue weighted by Gasteiger charge is 2.28. The van der Waals surface area contributed by atoms with Gasteiger partial charge in [0.05, 0.1) is 7.11 Å². The molecule has 17 heavy (non-hydrogen) atoms. The standard InChI is InChI=1S/C12H20N4O/c1-12(2,3)8-5-6-13-9-10(16-8)14-7-15-11(9)17-4/h7-8,13H,5-6H2,1-4H3,(H,14,15,16). The topological polar surface area (TPSA) is 59.1 Å². The maximum Gasteiger partial charge on any atom is 0.242 e. The number of rotatable bonds is 1. The van der Waals surface area contributed by atoms with E-state index in [0.29, 0.717) is 11.9 Å². The van der Waals surface area contributed by atoms with Gasteiger partial charge >= 0.3 is 0 Å². The van der Waals surface area contributed by atoms with E-state index >= 15 is 0 Å². The van der Waals surface area contributed by atoms with Crippen molar-refractivity contribution in [2.45, 2.75) is 33.2 Å². The zero-order chi connectivity index (χ0) is 12.5. The lowest BCUT2D eigenvalue weighted by molar-refractivity contribution is 0.332. The van der Waals surface area contributed by atoms with Crippen molar-refractivity contribution in [2.75, 3.05) is 24.3 Å². The van der Waals surface area contributed by atoms with Gasteiger partial charge in [0.15, 0.2) is 5.82 Å². The number of hydrogen-bond acceptors (Lipinski definition) is 5. The van der Waals surface area contributed by atoms with E-state index in [0.717, 1.165) is 24.5 Å². The number of methoxy groups -OCH3 is 1. The Hall–Kier alpha value is -1.52. The second kappa shape index (κ2) is 4.39. The summed E-state index contributed by atoms with van der Waals surface area (Å²) in [5.41, 5.74) is 1.06. The van der Waals surface area contributed by atoms with Crippen molar-refractivity contribution >= 4 is 11.5 Å². The molecule has 5 nitrogen and oxygen atoms in total. The van der Waals surface area contributed by atoms with Crippen LogP contribution in [0.15, 0.2) is 6.33 Å². The summed E-state index contributed by atoms with van der Waals surface area (Å²) in [6.07, 6.45) is 2.57. The normalized spacial score (nSPS) is 19.6. The van der Waals surface area contributed by atoms with Crippen molar-refractivity contribution in [1.29, 1.82) is 0 Å². The number of aromatic nitrogens is 2. The fraction of sp³-hybridized carbons (Fsp3) is 0.667. The van der Waals surface area contributed by atoms with Gasteiger partial charge in [0.2, 0.25) is 5.88 Å². The summed E-state index contributed by atoms with van der Waals surface area (Å²) in [6.45, 7) is 7.59. The fourth-order valence-electron chi connectivity index (χ4n) is 2.02. The number of anilines is 2. The van der Waals surface area contributed by atoms with Gasteiger partial charge in [0.25, 0.3) is 0 Å². The second-order valence-electron chi connectivity index (χ2n) is 5.38. The Morgan fingerprint density at radius 3 is 2.76 bits per heavy atom. The Morgan fingerprint density at radius 2 is 2.12 bits per heavy atom. The smallest absolute Gasteiger partial charge is 0.242 e. The van der Waals surface area contributed by atoms with Gasteiger partial charge in [-0.2, -0.15) is 4.98 Å². The van der Waals surface area contributed by atoms with Crippen LogP contribution in [0.5, 0.6) is 5.88 Å². The monoisotopic (exact) mass is 236 g/mol. The quantitative estimate of drug-likeness (QED) is 0.782. The van der Waals surface area contributed by atoms with E-state index in [1.165, 1.54) is 6.33 Å². The van der Waals surface area contributed by atoms with Crippen LogP contribution in [0.4, 0.5) is 11.5 Å². The van der Waals surface area contributed by atoms with Crippen LogP contribution in [-0.2, 0) is 0 Å². The molecule has 0 radical (unpaired) electrons. The van der Waals surface area contributed by atoms with E-state index in [-0.39, 0.29) is 5.41 Å². The molecule has 0 amide bonds. The zero-order valence-electron chi connectivity index (χ0n) is 10.9. The average molecular weight is 236 g/mol. The molecule has 0 saturated carbocycles. The van der Waals surface area contributed by atoms with E-state index in [9.17, 15) is 0 Å². The third kappa shape index (κ3) is 2.43. The number of hydrogen-bond donors (Lipinski definition) is 2. The van der Waals surface area contributed by atoms with Gasteiger partial charge in [0, 0.05) is 12.6 Å². The number of nitrogens with zero attached hydrogens (tertiary/aromatic N) is 2. The third-order valence-electron chi connectivity index (χ3n) is 3.10. The van der Waals surface area contributed by atoms with Gasteiger partial charge in [-0.25, -0.2) is 4.98 Å². The maximum absolute atomic E-state index is 5.24. The Kier molecular flexibility index (Phi) is 3.09. The van der Waals surface area contributed by atoms with Crippen LogP contribution >= 0.6 is 0 Å². The molecule has 1 unspecified atom stereocenters. The molecule has 1 aromatic heterocycles. The van der Waals surface area contributed by atoms with Crippen LogP contribution in [0.2, 0.25) is 0 Å². The van der Waals surface area contributed by atoms with Crippen molar-refractivity contribution in [3.8, 4) is 5.88 Å². The van der Waals surface area contributed by atoms with Crippen LogP contribution in [0.1, 0.15) is 27.2 Å². The number of ether oxygens (including phenoxy) is 1. The van der Waals surface area contributed by atoms with E-state index in [1.807, 2.05) is 0 Å². The molecule has 94 valence electrons. The van der Waals surface area contributed by atoms with E-state index < -0.39 is 0 Å². The summed E-state index contributed by atoms with van der Waals surface area (Å²) < 4.78 is 5.24. The average Bonchev–Trinajstić information content (AvgIpc) is 2.49. The Labute approximate surface area is 102 Å². The lowest BCUT2D eigenvalue weighted by Gasteiger charge is -2.30. The molecule has 2 rings (SSSR count). The number of fused-ring (bicyclic) bond motifs is 1. The molecule has 1 aliphatic heterocycles. The molecule has 5 heteroatoms. The molecular weight excluding hydrogens is 216 g/mol. The van der Waals surface area contributed by atoms with Gasteiger partial charge < -0.3 is 15.4 Å². The van der Waals surface area contributed by atoms with Gasteiger partial charge in [-0.3, -0.25) is 0 Å². The summed E-state index contributed by atoms with van der Waals surface area (Å²) in [6, 6.07) is 0.385. The minimum Gasteiger partial charge on any atom is -0.479 e. The largest absolute Gasteiger partial charge is 0.479 e. The van der Waals surface area contributed by atoms with Crippen molar-refractivity contribution < 1.29 is 4.74 Å². The minimum atomic E-state index is 0.196. The van der Waals surface area contributed by atoms with Crippen LogP contribution in [0.25, 0.3) is 0 Å². The molecular formula is C12H20N4O. The Morgan fingerprint density at radius 1 is 1.35 bits per heavy atom. The van der Waals surface area contributed by atoms with Crippen molar-refractivity contribution in [1.82, 2.24) is 9.97 Å². The van der Waals surface area contributed by atoms with E-state index in [1.54, 1.807) is 7.11 Å². The van der Waals surface area contributed by atoms with Gasteiger partial charge in [-0.05, 0) is 11.8 Å². The summed E-state index contributed by atoms with van der Waals surface area (Å²) in [5, 5.41) is 6.81. The predicted octanol–water partition coefficient (Wildman–Crippen LogP) is 2.13. The first kappa shape index (κ1) is 12.0. The Balaban J connectivity index is 2.32. The minimum absolute atomic E-state index is 0.196. The zero-order valence-corrected chi connectivity index (χ0v) is 10.9. The highest BCUT2D eigenvalue weighted by atomic mass is 16.5. The van der Waals surface area contributed by atoms with Crippen LogP contribution in [-0.4, -0.2) is 29.7 Å². The summed E-state index contributed by atoms with van der Waals surface area (Å²) in [5.74, 6) is 1.42. The second-order valence-corrected chi connectivity index (χ2v) is 5.38. The molecule has 0 aliphatic carbocycles. The fourth-order valence-corrected chi connectivity index (χ4v) is 2.02. The molecule has 0 spiro atoms. The first-order valence-corrected chi connectivity index (χ1v) is 5.92. The summed E-state index contributed by atoms with van der Waals surface area (Å²) >= 11 is 0. The molecule has 1 aromatic rings. The summed E-state index contributed by atoms with van der Waals surface area (Å²) in [4.78, 5) is 8.39.